The van der Waals surface area contributed by atoms with Gasteiger partial charge in [0, 0.05) is 10.6 Å². The standard InChI is InChI=1S/C18H25N3O4S/c1-4-11-26-15-10-8-7-9-14(15)19-16(22)12-21(5-2)13-17(23)20-18(24)25-6-3/h4,7-10H,1,5-6,11-13H2,2-3H3,(H,19,22)(H,20,23,24)/p+1. The Labute approximate surface area is 158 Å². The maximum absolute atomic E-state index is 12.3. The SMILES string of the molecule is C=CCSc1ccccc1NC(=O)C[NH+](CC)CC(=O)NC(=O)OCC. The Morgan fingerprint density at radius 1 is 1.19 bits per heavy atom. The zero-order chi connectivity index (χ0) is 19.4. The molecule has 1 unspecified atom stereocenters. The summed E-state index contributed by atoms with van der Waals surface area (Å²) in [4.78, 5) is 37.1. The molecule has 1 atom stereocenters. The van der Waals surface area contributed by atoms with E-state index in [0.29, 0.717) is 6.54 Å². The highest BCUT2D eigenvalue weighted by molar-refractivity contribution is 7.99. The van der Waals surface area contributed by atoms with Gasteiger partial charge >= 0.3 is 6.09 Å². The number of hydrogen-bond acceptors (Lipinski definition) is 5. The van der Waals surface area contributed by atoms with E-state index in [2.05, 4.69) is 21.9 Å². The highest BCUT2D eigenvalue weighted by atomic mass is 32.2. The maximum Gasteiger partial charge on any atom is 0.414 e. The number of nitrogens with one attached hydrogen (secondary N) is 3. The molecule has 0 aromatic heterocycles. The second-order valence-electron chi connectivity index (χ2n) is 5.37. The molecule has 8 heteroatoms. The topological polar surface area (TPSA) is 88.9 Å². The minimum absolute atomic E-state index is 0.00952. The van der Waals surface area contributed by atoms with Crippen LogP contribution < -0.4 is 15.5 Å². The molecule has 1 rings (SSSR count). The molecular formula is C18H26N3O4S+. The number of thioether (sulfide) groups is 1. The average molecular weight is 380 g/mol. The fraction of sp³-hybridized carbons (Fsp3) is 0.389. The average Bonchev–Trinajstić information content (AvgIpc) is 2.60. The number of likely N-dealkylation sites (N-methyl/N-ethyl adjacent to an activating group) is 1. The number of ether oxygens (including phenoxy) is 1. The van der Waals surface area contributed by atoms with Gasteiger partial charge in [-0.1, -0.05) is 18.2 Å². The number of hydrogen-bond donors (Lipinski definition) is 3. The molecule has 0 saturated carbocycles. The zero-order valence-corrected chi connectivity index (χ0v) is 16.0. The van der Waals surface area contributed by atoms with Crippen LogP contribution in [0.3, 0.4) is 0 Å². The van der Waals surface area contributed by atoms with Crippen LogP contribution in [0, 0.1) is 0 Å². The number of benzene rings is 1. The van der Waals surface area contributed by atoms with Crippen molar-refractivity contribution in [2.75, 3.05) is 37.3 Å². The van der Waals surface area contributed by atoms with E-state index in [4.69, 9.17) is 0 Å². The predicted molar refractivity (Wildman–Crippen MR) is 102 cm³/mol. The third-order valence-electron chi connectivity index (χ3n) is 3.36. The number of rotatable bonds is 10. The zero-order valence-electron chi connectivity index (χ0n) is 15.2. The van der Waals surface area contributed by atoms with E-state index in [1.54, 1.807) is 24.8 Å². The van der Waals surface area contributed by atoms with Crippen molar-refractivity contribution in [1.29, 1.82) is 0 Å². The summed E-state index contributed by atoms with van der Waals surface area (Å²) < 4.78 is 4.66. The number of para-hydroxylation sites is 1. The smallest absolute Gasteiger partial charge is 0.414 e. The summed E-state index contributed by atoms with van der Waals surface area (Å²) in [6.07, 6.45) is 1.03. The lowest BCUT2D eigenvalue weighted by atomic mass is 10.3. The third kappa shape index (κ3) is 8.17. The molecule has 0 spiro atoms. The van der Waals surface area contributed by atoms with Gasteiger partial charge in [-0.3, -0.25) is 14.9 Å². The van der Waals surface area contributed by atoms with Crippen molar-refractivity contribution < 1.29 is 24.0 Å². The van der Waals surface area contributed by atoms with Crippen LogP contribution in [0.15, 0.2) is 41.8 Å². The van der Waals surface area contributed by atoms with Gasteiger partial charge in [0.2, 0.25) is 0 Å². The lowest BCUT2D eigenvalue weighted by Crippen LogP contribution is -3.14. The van der Waals surface area contributed by atoms with E-state index in [1.807, 2.05) is 31.2 Å². The van der Waals surface area contributed by atoms with Crippen LogP contribution >= 0.6 is 11.8 Å². The first kappa shape index (κ1) is 21.7. The normalized spacial score (nSPS) is 11.3. The van der Waals surface area contributed by atoms with Gasteiger partial charge in [-0.25, -0.2) is 4.79 Å². The van der Waals surface area contributed by atoms with Gasteiger partial charge in [-0.05, 0) is 26.0 Å². The second kappa shape index (κ2) is 12.1. The van der Waals surface area contributed by atoms with Crippen molar-refractivity contribution in [1.82, 2.24) is 5.32 Å². The molecule has 3 amide bonds. The number of alkyl carbamates (subject to hydrolysis) is 1. The molecule has 142 valence electrons. The van der Waals surface area contributed by atoms with E-state index < -0.39 is 12.0 Å². The minimum Gasteiger partial charge on any atom is -0.450 e. The van der Waals surface area contributed by atoms with Crippen molar-refractivity contribution in [2.24, 2.45) is 0 Å². The van der Waals surface area contributed by atoms with Gasteiger partial charge in [-0.15, -0.1) is 18.3 Å². The monoisotopic (exact) mass is 380 g/mol. The van der Waals surface area contributed by atoms with E-state index >= 15 is 0 Å². The Bertz CT molecular complexity index is 637. The largest absolute Gasteiger partial charge is 0.450 e. The van der Waals surface area contributed by atoms with Crippen LogP contribution in [0.2, 0.25) is 0 Å². The van der Waals surface area contributed by atoms with E-state index in [9.17, 15) is 14.4 Å². The van der Waals surface area contributed by atoms with Crippen LogP contribution in [-0.2, 0) is 14.3 Å². The fourth-order valence-electron chi connectivity index (χ4n) is 2.13. The Morgan fingerprint density at radius 2 is 1.88 bits per heavy atom. The number of anilines is 1. The first-order valence-electron chi connectivity index (χ1n) is 8.42. The quantitative estimate of drug-likeness (QED) is 0.418. The van der Waals surface area contributed by atoms with Gasteiger partial charge in [0.25, 0.3) is 11.8 Å². The van der Waals surface area contributed by atoms with Crippen molar-refractivity contribution in [3.8, 4) is 0 Å². The van der Waals surface area contributed by atoms with Crippen molar-refractivity contribution in [3.63, 3.8) is 0 Å². The maximum atomic E-state index is 12.3. The molecule has 0 bridgehead atoms. The molecule has 0 aliphatic rings. The Balaban J connectivity index is 2.58. The van der Waals surface area contributed by atoms with E-state index in [-0.39, 0.29) is 25.6 Å². The number of imide groups is 1. The highest BCUT2D eigenvalue weighted by Crippen LogP contribution is 2.26. The first-order chi connectivity index (χ1) is 12.5. The van der Waals surface area contributed by atoms with Crippen LogP contribution in [-0.4, -0.2) is 49.9 Å². The molecular weight excluding hydrogens is 354 g/mol. The molecule has 0 saturated heterocycles. The summed E-state index contributed by atoms with van der Waals surface area (Å²) in [6.45, 7) is 8.10. The highest BCUT2D eigenvalue weighted by Gasteiger charge is 2.19. The van der Waals surface area contributed by atoms with Crippen molar-refractivity contribution in [2.45, 2.75) is 18.7 Å². The first-order valence-corrected chi connectivity index (χ1v) is 9.41. The Hall–Kier alpha value is -2.32. The summed E-state index contributed by atoms with van der Waals surface area (Å²) in [5.74, 6) is 0.0697. The van der Waals surface area contributed by atoms with Crippen molar-refractivity contribution in [3.05, 3.63) is 36.9 Å². The molecule has 0 fully saturated rings. The number of carbonyl (C=O) groups is 3. The Kier molecular flexibility index (Phi) is 10.1. The van der Waals surface area contributed by atoms with Crippen LogP contribution in [0.4, 0.5) is 10.5 Å². The second-order valence-corrected chi connectivity index (χ2v) is 6.43. The Morgan fingerprint density at radius 3 is 2.54 bits per heavy atom. The minimum atomic E-state index is -0.773. The molecule has 1 aromatic carbocycles. The number of carbonyl (C=O) groups excluding carboxylic acids is 3. The summed E-state index contributed by atoms with van der Waals surface area (Å²) in [7, 11) is 0. The van der Waals surface area contributed by atoms with Gasteiger partial charge in [0.1, 0.15) is 0 Å². The van der Waals surface area contributed by atoms with Gasteiger partial charge in [0.05, 0.1) is 18.8 Å². The molecule has 0 radical (unpaired) electrons. The summed E-state index contributed by atoms with van der Waals surface area (Å²) in [5, 5.41) is 5.02. The molecule has 7 nitrogen and oxygen atoms in total. The van der Waals surface area contributed by atoms with Gasteiger partial charge in [-0.2, -0.15) is 0 Å². The summed E-state index contributed by atoms with van der Waals surface area (Å²) in [5.41, 5.74) is 0.732. The van der Waals surface area contributed by atoms with Crippen molar-refractivity contribution >= 4 is 35.4 Å². The predicted octanol–water partition coefficient (Wildman–Crippen LogP) is 1.08. The lowest BCUT2D eigenvalue weighted by Gasteiger charge is -2.17. The molecule has 0 aliphatic heterocycles. The third-order valence-corrected chi connectivity index (χ3v) is 4.43. The summed E-state index contributed by atoms with van der Waals surface area (Å²) in [6, 6.07) is 7.53. The molecule has 3 N–H and O–H groups in total. The molecule has 1 aromatic rings. The van der Waals surface area contributed by atoms with Crippen LogP contribution in [0.25, 0.3) is 0 Å². The fourth-order valence-corrected chi connectivity index (χ4v) is 2.88. The van der Waals surface area contributed by atoms with Crippen LogP contribution in [0.1, 0.15) is 13.8 Å². The summed E-state index contributed by atoms with van der Waals surface area (Å²) >= 11 is 1.58. The van der Waals surface area contributed by atoms with E-state index in [0.717, 1.165) is 21.2 Å². The number of amides is 3. The molecule has 0 aliphatic carbocycles. The van der Waals surface area contributed by atoms with E-state index in [1.165, 1.54) is 0 Å². The lowest BCUT2D eigenvalue weighted by molar-refractivity contribution is -0.881. The van der Waals surface area contributed by atoms with Gasteiger partial charge in [0.15, 0.2) is 13.1 Å². The van der Waals surface area contributed by atoms with Crippen LogP contribution in [0.5, 0.6) is 0 Å². The van der Waals surface area contributed by atoms with Gasteiger partial charge < -0.3 is 15.0 Å². The molecule has 26 heavy (non-hydrogen) atoms. The molecule has 0 heterocycles. The number of quaternary nitrogens is 1.